The van der Waals surface area contributed by atoms with Gasteiger partial charge in [0.25, 0.3) is 0 Å². The summed E-state index contributed by atoms with van der Waals surface area (Å²) in [5.74, 6) is 1.74. The van der Waals surface area contributed by atoms with Gasteiger partial charge in [-0.2, -0.15) is 5.10 Å². The van der Waals surface area contributed by atoms with Crippen molar-refractivity contribution in [1.82, 2.24) is 29.6 Å². The smallest absolute Gasteiger partial charge is 0.164 e. The zero-order valence-electron chi connectivity index (χ0n) is 17.1. The molecule has 3 aromatic heterocycles. The SMILES string of the molecule is Cc1nn(C)c2nc(-c3ccncc3)nc(N3CCC(N4CCOCC4)CC3)c12. The van der Waals surface area contributed by atoms with Crippen molar-refractivity contribution >= 4 is 16.9 Å². The van der Waals surface area contributed by atoms with Crippen molar-refractivity contribution < 1.29 is 4.74 Å². The number of hydrogen-bond acceptors (Lipinski definition) is 7. The number of morpholine rings is 1. The highest BCUT2D eigenvalue weighted by Crippen LogP contribution is 2.32. The molecule has 8 heteroatoms. The van der Waals surface area contributed by atoms with E-state index in [1.165, 1.54) is 0 Å². The molecule has 5 heterocycles. The maximum atomic E-state index is 5.52. The summed E-state index contributed by atoms with van der Waals surface area (Å²) in [6, 6.07) is 4.56. The Kier molecular flexibility index (Phi) is 4.89. The van der Waals surface area contributed by atoms with E-state index in [0.717, 1.165) is 86.2 Å². The van der Waals surface area contributed by atoms with Crippen molar-refractivity contribution in [3.8, 4) is 11.4 Å². The van der Waals surface area contributed by atoms with Gasteiger partial charge in [-0.15, -0.1) is 0 Å². The minimum atomic E-state index is 0.641. The molecule has 0 spiro atoms. The first kappa shape index (κ1) is 18.4. The Labute approximate surface area is 170 Å². The van der Waals surface area contributed by atoms with Gasteiger partial charge in [-0.1, -0.05) is 0 Å². The Hall–Kier alpha value is -2.58. The van der Waals surface area contributed by atoms with Crippen LogP contribution in [0.15, 0.2) is 24.5 Å². The van der Waals surface area contributed by atoms with Gasteiger partial charge in [0.2, 0.25) is 0 Å². The Morgan fingerprint density at radius 3 is 2.45 bits per heavy atom. The Bertz CT molecular complexity index is 989. The molecule has 2 saturated heterocycles. The summed E-state index contributed by atoms with van der Waals surface area (Å²) in [4.78, 5) is 19.0. The van der Waals surface area contributed by atoms with Crippen LogP contribution in [0.5, 0.6) is 0 Å². The van der Waals surface area contributed by atoms with Crippen LogP contribution < -0.4 is 4.90 Å². The van der Waals surface area contributed by atoms with E-state index in [0.29, 0.717) is 6.04 Å². The number of anilines is 1. The minimum Gasteiger partial charge on any atom is -0.379 e. The summed E-state index contributed by atoms with van der Waals surface area (Å²) in [5.41, 5.74) is 2.84. The number of hydrogen-bond donors (Lipinski definition) is 0. The number of rotatable bonds is 3. The number of fused-ring (bicyclic) bond motifs is 1. The van der Waals surface area contributed by atoms with E-state index in [1.54, 1.807) is 12.4 Å². The van der Waals surface area contributed by atoms with Crippen LogP contribution >= 0.6 is 0 Å². The Balaban J connectivity index is 1.47. The van der Waals surface area contributed by atoms with Gasteiger partial charge in [0.15, 0.2) is 11.5 Å². The molecule has 0 amide bonds. The number of pyridine rings is 1. The fraction of sp³-hybridized carbons (Fsp3) is 0.524. The number of piperidine rings is 1. The van der Waals surface area contributed by atoms with E-state index >= 15 is 0 Å². The molecule has 0 saturated carbocycles. The molecule has 152 valence electrons. The van der Waals surface area contributed by atoms with E-state index in [4.69, 9.17) is 14.7 Å². The summed E-state index contributed by atoms with van der Waals surface area (Å²) in [7, 11) is 1.95. The molecule has 8 nitrogen and oxygen atoms in total. The molecular formula is C21H27N7O. The minimum absolute atomic E-state index is 0.641. The molecule has 2 aliphatic heterocycles. The number of aromatic nitrogens is 5. The van der Waals surface area contributed by atoms with Gasteiger partial charge < -0.3 is 9.64 Å². The third-order valence-corrected chi connectivity index (χ3v) is 6.10. The molecule has 5 rings (SSSR count). The fourth-order valence-corrected chi connectivity index (χ4v) is 4.56. The second-order valence-corrected chi connectivity index (χ2v) is 7.88. The van der Waals surface area contributed by atoms with Crippen molar-refractivity contribution in [1.29, 1.82) is 0 Å². The zero-order chi connectivity index (χ0) is 19.8. The maximum Gasteiger partial charge on any atom is 0.164 e. The van der Waals surface area contributed by atoms with Gasteiger partial charge in [0.1, 0.15) is 5.82 Å². The first-order valence-electron chi connectivity index (χ1n) is 10.4. The molecule has 0 radical (unpaired) electrons. The molecule has 0 aromatic carbocycles. The lowest BCUT2D eigenvalue weighted by molar-refractivity contribution is 0.0115. The Morgan fingerprint density at radius 2 is 1.72 bits per heavy atom. The van der Waals surface area contributed by atoms with Crippen LogP contribution in [0, 0.1) is 6.92 Å². The van der Waals surface area contributed by atoms with Crippen molar-refractivity contribution in [3.63, 3.8) is 0 Å². The summed E-state index contributed by atoms with van der Waals surface area (Å²) in [6.45, 7) is 7.86. The zero-order valence-corrected chi connectivity index (χ0v) is 17.1. The predicted octanol–water partition coefficient (Wildman–Crippen LogP) is 2.03. The fourth-order valence-electron chi connectivity index (χ4n) is 4.56. The van der Waals surface area contributed by atoms with E-state index in [2.05, 4.69) is 19.9 Å². The van der Waals surface area contributed by atoms with Gasteiger partial charge in [-0.05, 0) is 31.9 Å². The molecule has 0 bridgehead atoms. The van der Waals surface area contributed by atoms with E-state index in [9.17, 15) is 0 Å². The summed E-state index contributed by atoms with van der Waals surface area (Å²) in [6.07, 6.45) is 5.86. The Morgan fingerprint density at radius 1 is 1.00 bits per heavy atom. The monoisotopic (exact) mass is 393 g/mol. The molecule has 0 atom stereocenters. The van der Waals surface area contributed by atoms with Gasteiger partial charge in [0.05, 0.1) is 24.3 Å². The predicted molar refractivity (Wildman–Crippen MR) is 112 cm³/mol. The van der Waals surface area contributed by atoms with Crippen LogP contribution in [-0.4, -0.2) is 75.1 Å². The van der Waals surface area contributed by atoms with E-state index in [-0.39, 0.29) is 0 Å². The standard InChI is InChI=1S/C21H27N7O/c1-15-18-20(26(2)25-15)23-19(16-3-7-22-8-4-16)24-21(18)28-9-5-17(6-10-28)27-11-13-29-14-12-27/h3-4,7-8,17H,5-6,9-14H2,1-2H3. The average Bonchev–Trinajstić information content (AvgIpc) is 3.08. The third-order valence-electron chi connectivity index (χ3n) is 6.10. The van der Waals surface area contributed by atoms with Crippen LogP contribution in [0.2, 0.25) is 0 Å². The quantitative estimate of drug-likeness (QED) is 0.674. The summed E-state index contributed by atoms with van der Waals surface area (Å²) >= 11 is 0. The van der Waals surface area contributed by atoms with Crippen molar-refractivity contribution in [3.05, 3.63) is 30.2 Å². The van der Waals surface area contributed by atoms with Gasteiger partial charge >= 0.3 is 0 Å². The van der Waals surface area contributed by atoms with E-state index < -0.39 is 0 Å². The normalized spacial score (nSPS) is 19.2. The maximum absolute atomic E-state index is 5.52. The largest absolute Gasteiger partial charge is 0.379 e. The van der Waals surface area contributed by atoms with Crippen LogP contribution in [0.4, 0.5) is 5.82 Å². The van der Waals surface area contributed by atoms with Crippen molar-refractivity contribution in [2.75, 3.05) is 44.3 Å². The van der Waals surface area contributed by atoms with E-state index in [1.807, 2.05) is 30.8 Å². The van der Waals surface area contributed by atoms with Crippen molar-refractivity contribution in [2.45, 2.75) is 25.8 Å². The highest BCUT2D eigenvalue weighted by molar-refractivity contribution is 5.91. The highest BCUT2D eigenvalue weighted by Gasteiger charge is 2.28. The van der Waals surface area contributed by atoms with Crippen LogP contribution in [0.25, 0.3) is 22.4 Å². The molecule has 0 unspecified atom stereocenters. The summed E-state index contributed by atoms with van der Waals surface area (Å²) in [5, 5.41) is 5.69. The third kappa shape index (κ3) is 3.47. The first-order valence-corrected chi connectivity index (χ1v) is 10.4. The molecule has 2 aliphatic rings. The molecular weight excluding hydrogens is 366 g/mol. The number of ether oxygens (including phenoxy) is 1. The molecule has 2 fully saturated rings. The van der Waals surface area contributed by atoms with Crippen LogP contribution in [0.3, 0.4) is 0 Å². The lowest BCUT2D eigenvalue weighted by Crippen LogP contribution is -2.49. The van der Waals surface area contributed by atoms with Gasteiger partial charge in [0, 0.05) is 57.2 Å². The lowest BCUT2D eigenvalue weighted by atomic mass is 10.0. The molecule has 29 heavy (non-hydrogen) atoms. The number of nitrogens with zero attached hydrogens (tertiary/aromatic N) is 7. The molecule has 3 aromatic rings. The molecule has 0 N–H and O–H groups in total. The number of aryl methyl sites for hydroxylation is 2. The van der Waals surface area contributed by atoms with Gasteiger partial charge in [-0.3, -0.25) is 14.6 Å². The lowest BCUT2D eigenvalue weighted by Gasteiger charge is -2.40. The second-order valence-electron chi connectivity index (χ2n) is 7.88. The van der Waals surface area contributed by atoms with Gasteiger partial charge in [-0.25, -0.2) is 9.97 Å². The molecule has 0 aliphatic carbocycles. The first-order chi connectivity index (χ1) is 14.2. The highest BCUT2D eigenvalue weighted by atomic mass is 16.5. The second kappa shape index (κ2) is 7.68. The topological polar surface area (TPSA) is 72.2 Å². The average molecular weight is 393 g/mol. The van der Waals surface area contributed by atoms with Crippen LogP contribution in [-0.2, 0) is 11.8 Å². The summed E-state index contributed by atoms with van der Waals surface area (Å²) < 4.78 is 7.38. The van der Waals surface area contributed by atoms with Crippen molar-refractivity contribution in [2.24, 2.45) is 7.05 Å². The van der Waals surface area contributed by atoms with Crippen LogP contribution in [0.1, 0.15) is 18.5 Å².